The lowest BCUT2D eigenvalue weighted by Crippen LogP contribution is -2.20. The molecule has 1 fully saturated rings. The molecule has 1 saturated heterocycles. The first kappa shape index (κ1) is 14.2. The van der Waals surface area contributed by atoms with Gasteiger partial charge in [0.05, 0.1) is 24.0 Å². The van der Waals surface area contributed by atoms with Gasteiger partial charge in [-0.3, -0.25) is 14.9 Å². The molecule has 0 N–H and O–H groups in total. The quantitative estimate of drug-likeness (QED) is 0.744. The standard InChI is InChI=1S/C18H19N5/c1-13-5-4-6-19-18(13)14-9-15-16(20-10-14)11-21-17(22-15)12-23-7-2-3-8-23/h4-6,9-11H,2-3,7-8,12H2,1H3. The smallest absolute Gasteiger partial charge is 0.143 e. The Bertz CT molecular complexity index is 840. The zero-order valence-corrected chi connectivity index (χ0v) is 13.2. The Morgan fingerprint density at radius 3 is 2.74 bits per heavy atom. The summed E-state index contributed by atoms with van der Waals surface area (Å²) in [7, 11) is 0. The summed E-state index contributed by atoms with van der Waals surface area (Å²) in [6.07, 6.45) is 8.03. The van der Waals surface area contributed by atoms with Crippen LogP contribution in [0.1, 0.15) is 24.2 Å². The van der Waals surface area contributed by atoms with Crippen molar-refractivity contribution in [2.45, 2.75) is 26.3 Å². The summed E-state index contributed by atoms with van der Waals surface area (Å²) in [5, 5.41) is 0. The lowest BCUT2D eigenvalue weighted by Gasteiger charge is -2.13. The molecule has 0 amide bonds. The third kappa shape index (κ3) is 2.92. The van der Waals surface area contributed by atoms with Crippen LogP contribution in [0, 0.1) is 6.92 Å². The fourth-order valence-corrected chi connectivity index (χ4v) is 3.09. The molecule has 5 nitrogen and oxygen atoms in total. The second-order valence-corrected chi connectivity index (χ2v) is 6.07. The number of pyridine rings is 2. The molecule has 0 bridgehead atoms. The van der Waals surface area contributed by atoms with E-state index < -0.39 is 0 Å². The van der Waals surface area contributed by atoms with Crippen LogP contribution in [0.5, 0.6) is 0 Å². The maximum atomic E-state index is 4.71. The molecule has 0 aromatic carbocycles. The van der Waals surface area contributed by atoms with Gasteiger partial charge in [-0.15, -0.1) is 0 Å². The van der Waals surface area contributed by atoms with Gasteiger partial charge in [0.25, 0.3) is 0 Å². The van der Waals surface area contributed by atoms with Crippen molar-refractivity contribution < 1.29 is 0 Å². The Morgan fingerprint density at radius 2 is 1.91 bits per heavy atom. The SMILES string of the molecule is Cc1cccnc1-c1cnc2cnc(CN3CCCC3)nc2c1. The first-order valence-electron chi connectivity index (χ1n) is 8.05. The van der Waals surface area contributed by atoms with Gasteiger partial charge in [-0.1, -0.05) is 6.07 Å². The van der Waals surface area contributed by atoms with Crippen molar-refractivity contribution in [1.82, 2.24) is 24.8 Å². The van der Waals surface area contributed by atoms with Crippen molar-refractivity contribution in [2.75, 3.05) is 13.1 Å². The maximum Gasteiger partial charge on any atom is 0.143 e. The van der Waals surface area contributed by atoms with E-state index in [9.17, 15) is 0 Å². The molecule has 4 heterocycles. The Morgan fingerprint density at radius 1 is 1.04 bits per heavy atom. The highest BCUT2D eigenvalue weighted by Gasteiger charge is 2.14. The summed E-state index contributed by atoms with van der Waals surface area (Å²) in [6, 6.07) is 6.07. The normalized spacial score (nSPS) is 15.3. The van der Waals surface area contributed by atoms with E-state index in [1.807, 2.05) is 24.7 Å². The van der Waals surface area contributed by atoms with Crippen LogP contribution in [0.2, 0.25) is 0 Å². The molecule has 0 saturated carbocycles. The van der Waals surface area contributed by atoms with Gasteiger partial charge in [-0.2, -0.15) is 0 Å². The minimum absolute atomic E-state index is 0.822. The summed E-state index contributed by atoms with van der Waals surface area (Å²) >= 11 is 0. The first-order chi connectivity index (χ1) is 11.3. The maximum absolute atomic E-state index is 4.71. The van der Waals surface area contributed by atoms with E-state index in [-0.39, 0.29) is 0 Å². The zero-order valence-electron chi connectivity index (χ0n) is 13.2. The summed E-state index contributed by atoms with van der Waals surface area (Å²) < 4.78 is 0. The molecule has 1 aliphatic heterocycles. The molecule has 1 aliphatic rings. The van der Waals surface area contributed by atoms with Crippen LogP contribution in [-0.4, -0.2) is 37.9 Å². The van der Waals surface area contributed by atoms with E-state index in [1.54, 1.807) is 0 Å². The average molecular weight is 305 g/mol. The van der Waals surface area contributed by atoms with Crippen molar-refractivity contribution in [1.29, 1.82) is 0 Å². The second kappa shape index (κ2) is 6.01. The number of fused-ring (bicyclic) bond motifs is 1. The van der Waals surface area contributed by atoms with Crippen LogP contribution in [0.4, 0.5) is 0 Å². The number of likely N-dealkylation sites (tertiary alicyclic amines) is 1. The highest BCUT2D eigenvalue weighted by Crippen LogP contribution is 2.22. The molecular formula is C18H19N5. The summed E-state index contributed by atoms with van der Waals surface area (Å²) in [6.45, 7) is 5.17. The summed E-state index contributed by atoms with van der Waals surface area (Å²) in [5.74, 6) is 0.871. The van der Waals surface area contributed by atoms with Gasteiger partial charge in [0, 0.05) is 18.0 Å². The molecular weight excluding hydrogens is 286 g/mol. The topological polar surface area (TPSA) is 54.8 Å². The van der Waals surface area contributed by atoms with Crippen LogP contribution < -0.4 is 0 Å². The van der Waals surface area contributed by atoms with Crippen molar-refractivity contribution in [3.63, 3.8) is 0 Å². The van der Waals surface area contributed by atoms with Gasteiger partial charge in [0.15, 0.2) is 0 Å². The second-order valence-electron chi connectivity index (χ2n) is 6.07. The number of aromatic nitrogens is 4. The van der Waals surface area contributed by atoms with Crippen molar-refractivity contribution in [2.24, 2.45) is 0 Å². The highest BCUT2D eigenvalue weighted by molar-refractivity contribution is 5.79. The van der Waals surface area contributed by atoms with Crippen LogP contribution in [-0.2, 0) is 6.54 Å². The molecule has 3 aromatic heterocycles. The van der Waals surface area contributed by atoms with Gasteiger partial charge < -0.3 is 0 Å². The van der Waals surface area contributed by atoms with E-state index in [0.717, 1.165) is 53.3 Å². The lowest BCUT2D eigenvalue weighted by molar-refractivity contribution is 0.323. The van der Waals surface area contributed by atoms with Crippen LogP contribution in [0.3, 0.4) is 0 Å². The molecule has 23 heavy (non-hydrogen) atoms. The molecule has 116 valence electrons. The monoisotopic (exact) mass is 305 g/mol. The lowest BCUT2D eigenvalue weighted by atomic mass is 10.1. The fraction of sp³-hybridized carbons (Fsp3) is 0.333. The summed E-state index contributed by atoms with van der Waals surface area (Å²) in [4.78, 5) is 20.5. The number of aryl methyl sites for hydroxylation is 1. The number of rotatable bonds is 3. The average Bonchev–Trinajstić information content (AvgIpc) is 3.08. The van der Waals surface area contributed by atoms with Crippen molar-refractivity contribution in [3.8, 4) is 11.3 Å². The van der Waals surface area contributed by atoms with Gasteiger partial charge >= 0.3 is 0 Å². The minimum Gasteiger partial charge on any atom is -0.296 e. The molecule has 0 radical (unpaired) electrons. The first-order valence-corrected chi connectivity index (χ1v) is 8.05. The van der Waals surface area contributed by atoms with Gasteiger partial charge in [-0.05, 0) is 50.6 Å². The molecule has 4 rings (SSSR count). The van der Waals surface area contributed by atoms with Crippen molar-refractivity contribution >= 4 is 11.0 Å². The predicted octanol–water partition coefficient (Wildman–Crippen LogP) is 2.99. The zero-order chi connectivity index (χ0) is 15.6. The van der Waals surface area contributed by atoms with Crippen LogP contribution in [0.15, 0.2) is 36.8 Å². The molecule has 0 unspecified atom stereocenters. The third-order valence-electron chi connectivity index (χ3n) is 4.33. The van der Waals surface area contributed by atoms with E-state index in [1.165, 1.54) is 12.8 Å². The van der Waals surface area contributed by atoms with Gasteiger partial charge in [-0.25, -0.2) is 9.97 Å². The Kier molecular flexibility index (Phi) is 3.71. The largest absolute Gasteiger partial charge is 0.296 e. The number of nitrogens with zero attached hydrogens (tertiary/aromatic N) is 5. The van der Waals surface area contributed by atoms with Crippen LogP contribution >= 0.6 is 0 Å². The third-order valence-corrected chi connectivity index (χ3v) is 4.33. The molecule has 0 spiro atoms. The van der Waals surface area contributed by atoms with Crippen molar-refractivity contribution in [3.05, 3.63) is 48.2 Å². The number of hydrogen-bond acceptors (Lipinski definition) is 5. The summed E-state index contributed by atoms with van der Waals surface area (Å²) in [5.41, 5.74) is 4.81. The fourth-order valence-electron chi connectivity index (χ4n) is 3.09. The van der Waals surface area contributed by atoms with E-state index in [0.29, 0.717) is 0 Å². The van der Waals surface area contributed by atoms with E-state index in [4.69, 9.17) is 4.98 Å². The Balaban J connectivity index is 1.70. The van der Waals surface area contributed by atoms with E-state index in [2.05, 4.69) is 38.9 Å². The minimum atomic E-state index is 0.822. The molecule has 3 aromatic rings. The highest BCUT2D eigenvalue weighted by atomic mass is 15.2. The predicted molar refractivity (Wildman–Crippen MR) is 89.8 cm³/mol. The molecule has 0 aliphatic carbocycles. The molecule has 5 heteroatoms. The van der Waals surface area contributed by atoms with Crippen LogP contribution in [0.25, 0.3) is 22.3 Å². The Hall–Kier alpha value is -2.40. The van der Waals surface area contributed by atoms with Gasteiger partial charge in [0.2, 0.25) is 0 Å². The Labute approximate surface area is 135 Å². The van der Waals surface area contributed by atoms with E-state index >= 15 is 0 Å². The van der Waals surface area contributed by atoms with Gasteiger partial charge in [0.1, 0.15) is 11.3 Å². The molecule has 0 atom stereocenters. The number of hydrogen-bond donors (Lipinski definition) is 0.